The lowest BCUT2D eigenvalue weighted by molar-refractivity contribution is -0.140. The van der Waals surface area contributed by atoms with Gasteiger partial charge in [-0.3, -0.25) is 14.5 Å². The van der Waals surface area contributed by atoms with Crippen LogP contribution in [-0.4, -0.2) is 47.8 Å². The van der Waals surface area contributed by atoms with Crippen molar-refractivity contribution in [1.29, 1.82) is 0 Å². The Kier molecular flexibility index (Phi) is 6.71. The topological polar surface area (TPSA) is 52.7 Å². The molecule has 1 fully saturated rings. The fourth-order valence-electron chi connectivity index (χ4n) is 4.74. The number of rotatable bonds is 5. The maximum absolute atomic E-state index is 13.6. The summed E-state index contributed by atoms with van der Waals surface area (Å²) in [6.45, 7) is 7.39. The fraction of sp³-hybridized carbons (Fsp3) is 0.462. The van der Waals surface area contributed by atoms with Gasteiger partial charge in [-0.05, 0) is 48.8 Å². The van der Waals surface area contributed by atoms with Gasteiger partial charge in [-0.15, -0.1) is 0 Å². The SMILES string of the molecule is Cc1cccc(CNC(=O)CN2CCc3ccccc3[C@H]2C(=O)N2CCC(C)CC2)c1. The highest BCUT2D eigenvalue weighted by molar-refractivity contribution is 5.85. The number of hydrogen-bond acceptors (Lipinski definition) is 3. The molecule has 2 aliphatic rings. The molecule has 164 valence electrons. The molecule has 0 radical (unpaired) electrons. The molecule has 0 aliphatic carbocycles. The summed E-state index contributed by atoms with van der Waals surface area (Å²) in [4.78, 5) is 30.4. The third-order valence-corrected chi connectivity index (χ3v) is 6.63. The first kappa shape index (κ1) is 21.6. The van der Waals surface area contributed by atoms with Crippen LogP contribution in [0.3, 0.4) is 0 Å². The number of carbonyl (C=O) groups is 2. The average Bonchev–Trinajstić information content (AvgIpc) is 2.78. The van der Waals surface area contributed by atoms with E-state index in [0.717, 1.165) is 50.0 Å². The molecule has 1 saturated heterocycles. The Morgan fingerprint density at radius 2 is 1.81 bits per heavy atom. The van der Waals surface area contributed by atoms with Gasteiger partial charge in [-0.2, -0.15) is 0 Å². The Morgan fingerprint density at radius 3 is 2.58 bits per heavy atom. The summed E-state index contributed by atoms with van der Waals surface area (Å²) < 4.78 is 0. The molecule has 2 aromatic rings. The standard InChI is InChI=1S/C26H33N3O2/c1-19-10-13-28(14-11-19)26(31)25-23-9-4-3-8-22(23)12-15-29(25)18-24(30)27-17-21-7-5-6-20(2)16-21/h3-9,16,19,25H,10-15,17-18H2,1-2H3,(H,27,30)/t25-/m0/s1. The monoisotopic (exact) mass is 419 g/mol. The minimum atomic E-state index is -0.372. The quantitative estimate of drug-likeness (QED) is 0.807. The Balaban J connectivity index is 1.47. The summed E-state index contributed by atoms with van der Waals surface area (Å²) >= 11 is 0. The van der Waals surface area contributed by atoms with E-state index in [1.807, 2.05) is 42.2 Å². The summed E-state index contributed by atoms with van der Waals surface area (Å²) in [6, 6.07) is 16.0. The average molecular weight is 420 g/mol. The second-order valence-corrected chi connectivity index (χ2v) is 9.10. The molecule has 2 amide bonds. The number of benzene rings is 2. The number of amides is 2. The van der Waals surface area contributed by atoms with Gasteiger partial charge in [0.25, 0.3) is 0 Å². The molecule has 1 N–H and O–H groups in total. The lowest BCUT2D eigenvalue weighted by Crippen LogP contribution is -2.50. The third kappa shape index (κ3) is 5.16. The van der Waals surface area contributed by atoms with Crippen LogP contribution < -0.4 is 5.32 Å². The second kappa shape index (κ2) is 9.65. The van der Waals surface area contributed by atoms with E-state index in [9.17, 15) is 9.59 Å². The summed E-state index contributed by atoms with van der Waals surface area (Å²) in [7, 11) is 0. The maximum atomic E-state index is 13.6. The number of aryl methyl sites for hydroxylation is 1. The van der Waals surface area contributed by atoms with Crippen LogP contribution >= 0.6 is 0 Å². The molecule has 0 unspecified atom stereocenters. The Morgan fingerprint density at radius 1 is 1.03 bits per heavy atom. The molecule has 0 aromatic heterocycles. The van der Waals surface area contributed by atoms with E-state index in [2.05, 4.69) is 35.3 Å². The molecule has 5 heteroatoms. The number of hydrogen-bond donors (Lipinski definition) is 1. The Labute approximate surface area is 185 Å². The van der Waals surface area contributed by atoms with Crippen molar-refractivity contribution >= 4 is 11.8 Å². The van der Waals surface area contributed by atoms with Crippen LogP contribution in [0.15, 0.2) is 48.5 Å². The van der Waals surface area contributed by atoms with Crippen LogP contribution in [-0.2, 0) is 22.6 Å². The maximum Gasteiger partial charge on any atom is 0.244 e. The first-order valence-electron chi connectivity index (χ1n) is 11.4. The highest BCUT2D eigenvalue weighted by atomic mass is 16.2. The Hall–Kier alpha value is -2.66. The van der Waals surface area contributed by atoms with Crippen molar-refractivity contribution in [3.8, 4) is 0 Å². The van der Waals surface area contributed by atoms with E-state index in [1.54, 1.807) is 0 Å². The predicted octanol–water partition coefficient (Wildman–Crippen LogP) is 3.47. The molecule has 0 saturated carbocycles. The van der Waals surface area contributed by atoms with Gasteiger partial charge in [-0.1, -0.05) is 61.0 Å². The van der Waals surface area contributed by atoms with Crippen molar-refractivity contribution in [2.75, 3.05) is 26.2 Å². The van der Waals surface area contributed by atoms with Crippen LogP contribution in [0.1, 0.15) is 48.1 Å². The minimum Gasteiger partial charge on any atom is -0.351 e. The van der Waals surface area contributed by atoms with Gasteiger partial charge >= 0.3 is 0 Å². The molecule has 31 heavy (non-hydrogen) atoms. The molecule has 1 atom stereocenters. The van der Waals surface area contributed by atoms with E-state index < -0.39 is 0 Å². The number of likely N-dealkylation sites (tertiary alicyclic amines) is 1. The summed E-state index contributed by atoms with van der Waals surface area (Å²) in [5.41, 5.74) is 4.56. The Bertz CT molecular complexity index is 934. The molecular weight excluding hydrogens is 386 g/mol. The van der Waals surface area contributed by atoms with E-state index in [4.69, 9.17) is 0 Å². The van der Waals surface area contributed by atoms with Crippen molar-refractivity contribution in [2.45, 2.75) is 45.7 Å². The molecule has 0 bridgehead atoms. The van der Waals surface area contributed by atoms with Crippen molar-refractivity contribution in [1.82, 2.24) is 15.1 Å². The molecule has 2 aromatic carbocycles. The summed E-state index contributed by atoms with van der Waals surface area (Å²) in [5, 5.41) is 3.04. The van der Waals surface area contributed by atoms with E-state index >= 15 is 0 Å². The predicted molar refractivity (Wildman–Crippen MR) is 122 cm³/mol. The van der Waals surface area contributed by atoms with Crippen molar-refractivity contribution in [2.24, 2.45) is 5.92 Å². The number of nitrogens with zero attached hydrogens (tertiary/aromatic N) is 2. The van der Waals surface area contributed by atoms with E-state index in [0.29, 0.717) is 12.5 Å². The lowest BCUT2D eigenvalue weighted by atomic mass is 9.90. The largest absolute Gasteiger partial charge is 0.351 e. The highest BCUT2D eigenvalue weighted by Crippen LogP contribution is 2.32. The van der Waals surface area contributed by atoms with Crippen LogP contribution in [0, 0.1) is 12.8 Å². The highest BCUT2D eigenvalue weighted by Gasteiger charge is 2.37. The third-order valence-electron chi connectivity index (χ3n) is 6.63. The molecule has 2 heterocycles. The van der Waals surface area contributed by atoms with Gasteiger partial charge in [0.15, 0.2) is 0 Å². The van der Waals surface area contributed by atoms with Gasteiger partial charge in [-0.25, -0.2) is 0 Å². The zero-order valence-electron chi connectivity index (χ0n) is 18.6. The van der Waals surface area contributed by atoms with Crippen molar-refractivity contribution < 1.29 is 9.59 Å². The normalized spacial score (nSPS) is 19.7. The van der Waals surface area contributed by atoms with E-state index in [-0.39, 0.29) is 24.4 Å². The number of carbonyl (C=O) groups excluding carboxylic acids is 2. The van der Waals surface area contributed by atoms with Gasteiger partial charge in [0.05, 0.1) is 6.54 Å². The molecule has 2 aliphatic heterocycles. The summed E-state index contributed by atoms with van der Waals surface area (Å²) in [6.07, 6.45) is 2.97. The molecule has 5 nitrogen and oxygen atoms in total. The molecule has 0 spiro atoms. The first-order valence-corrected chi connectivity index (χ1v) is 11.4. The minimum absolute atomic E-state index is 0.0362. The number of fused-ring (bicyclic) bond motifs is 1. The number of piperidine rings is 1. The lowest BCUT2D eigenvalue weighted by Gasteiger charge is -2.40. The van der Waals surface area contributed by atoms with Gasteiger partial charge in [0.1, 0.15) is 6.04 Å². The fourth-order valence-corrected chi connectivity index (χ4v) is 4.74. The molecule has 4 rings (SSSR count). The van der Waals surface area contributed by atoms with Crippen molar-refractivity contribution in [3.05, 3.63) is 70.8 Å². The molecular formula is C26H33N3O2. The van der Waals surface area contributed by atoms with Crippen LogP contribution in [0.2, 0.25) is 0 Å². The summed E-state index contributed by atoms with van der Waals surface area (Å²) in [5.74, 6) is 0.780. The zero-order chi connectivity index (χ0) is 21.8. The van der Waals surface area contributed by atoms with Crippen molar-refractivity contribution in [3.63, 3.8) is 0 Å². The zero-order valence-corrected chi connectivity index (χ0v) is 18.6. The van der Waals surface area contributed by atoms with Gasteiger partial charge < -0.3 is 10.2 Å². The van der Waals surface area contributed by atoms with Crippen LogP contribution in [0.25, 0.3) is 0 Å². The van der Waals surface area contributed by atoms with E-state index in [1.165, 1.54) is 11.1 Å². The van der Waals surface area contributed by atoms with Crippen LogP contribution in [0.4, 0.5) is 0 Å². The van der Waals surface area contributed by atoms with Gasteiger partial charge in [0.2, 0.25) is 11.8 Å². The second-order valence-electron chi connectivity index (χ2n) is 9.10. The number of nitrogens with one attached hydrogen (secondary N) is 1. The van der Waals surface area contributed by atoms with Gasteiger partial charge in [0, 0.05) is 26.2 Å². The first-order chi connectivity index (χ1) is 15.0. The smallest absolute Gasteiger partial charge is 0.244 e. The van der Waals surface area contributed by atoms with Crippen LogP contribution in [0.5, 0.6) is 0 Å².